The largest absolute Gasteiger partial charge is 0.359 e. The molecule has 0 bridgehead atoms. The molecule has 33 heavy (non-hydrogen) atoms. The molecule has 0 radical (unpaired) electrons. The number of fused-ring (bicyclic) bond motifs is 1. The van der Waals surface area contributed by atoms with Gasteiger partial charge in [0.15, 0.2) is 0 Å². The lowest BCUT2D eigenvalue weighted by Crippen LogP contribution is -2.52. The minimum Gasteiger partial charge on any atom is -0.359 e. The molecule has 166 valence electrons. The zero-order chi connectivity index (χ0) is 22.9. The highest BCUT2D eigenvalue weighted by molar-refractivity contribution is 6.45. The molecular formula is C24H20FN5O3. The zero-order valence-electron chi connectivity index (χ0n) is 17.6. The van der Waals surface area contributed by atoms with Gasteiger partial charge in [0, 0.05) is 55.7 Å². The summed E-state index contributed by atoms with van der Waals surface area (Å²) in [4.78, 5) is 48.6. The van der Waals surface area contributed by atoms with Crippen LogP contribution in [0.25, 0.3) is 16.6 Å². The molecule has 0 spiro atoms. The molecule has 0 saturated carbocycles. The number of imidazole rings is 1. The molecule has 2 amide bonds. The molecule has 5 rings (SSSR count). The number of carbonyl (C=O) groups excluding carboxylic acids is 3. The van der Waals surface area contributed by atoms with Gasteiger partial charge in [-0.25, -0.2) is 9.37 Å². The van der Waals surface area contributed by atoms with Crippen LogP contribution < -0.4 is 0 Å². The van der Waals surface area contributed by atoms with Crippen LogP contribution in [-0.2, 0) is 4.79 Å². The molecule has 0 unspecified atom stereocenters. The first kappa shape index (κ1) is 20.6. The first-order valence-electron chi connectivity index (χ1n) is 10.5. The third-order valence-electron chi connectivity index (χ3n) is 5.86. The summed E-state index contributed by atoms with van der Waals surface area (Å²) in [5, 5.41) is 0.0671. The maximum absolute atomic E-state index is 14.7. The number of hydrogen-bond donors (Lipinski definition) is 1. The van der Waals surface area contributed by atoms with Gasteiger partial charge < -0.3 is 19.4 Å². The van der Waals surface area contributed by atoms with E-state index in [1.165, 1.54) is 17.2 Å². The van der Waals surface area contributed by atoms with Crippen molar-refractivity contribution in [2.45, 2.75) is 0 Å². The molecule has 1 fully saturated rings. The fourth-order valence-electron chi connectivity index (χ4n) is 4.12. The Morgan fingerprint density at radius 1 is 0.939 bits per heavy atom. The normalized spacial score (nSPS) is 14.0. The van der Waals surface area contributed by atoms with E-state index in [0.717, 1.165) is 0 Å². The summed E-state index contributed by atoms with van der Waals surface area (Å²) in [6, 6.07) is 11.8. The minimum atomic E-state index is -0.786. The molecular weight excluding hydrogens is 425 g/mol. The Morgan fingerprint density at radius 3 is 2.36 bits per heavy atom. The van der Waals surface area contributed by atoms with Crippen LogP contribution in [0.3, 0.4) is 0 Å². The van der Waals surface area contributed by atoms with Gasteiger partial charge in [-0.15, -0.1) is 0 Å². The lowest BCUT2D eigenvalue weighted by Gasteiger charge is -2.34. The summed E-state index contributed by atoms with van der Waals surface area (Å²) in [5.41, 5.74) is 1.58. The monoisotopic (exact) mass is 445 g/mol. The molecule has 3 heterocycles. The van der Waals surface area contributed by atoms with Gasteiger partial charge >= 0.3 is 0 Å². The van der Waals surface area contributed by atoms with Crippen LogP contribution >= 0.6 is 0 Å². The highest BCUT2D eigenvalue weighted by atomic mass is 19.1. The van der Waals surface area contributed by atoms with E-state index in [1.807, 2.05) is 6.07 Å². The number of ketones is 1. The predicted molar refractivity (Wildman–Crippen MR) is 119 cm³/mol. The van der Waals surface area contributed by atoms with Gasteiger partial charge in [0.2, 0.25) is 0 Å². The van der Waals surface area contributed by atoms with Gasteiger partial charge in [-0.3, -0.25) is 14.4 Å². The molecule has 1 saturated heterocycles. The van der Waals surface area contributed by atoms with Crippen molar-refractivity contribution in [2.75, 3.05) is 26.2 Å². The number of rotatable bonds is 4. The zero-order valence-corrected chi connectivity index (χ0v) is 17.6. The highest BCUT2D eigenvalue weighted by Crippen LogP contribution is 2.28. The van der Waals surface area contributed by atoms with Crippen molar-refractivity contribution in [1.29, 1.82) is 0 Å². The summed E-state index contributed by atoms with van der Waals surface area (Å²) in [6.07, 6.45) is 6.23. The molecule has 2 aromatic carbocycles. The average molecular weight is 445 g/mol. The second-order valence-corrected chi connectivity index (χ2v) is 7.77. The summed E-state index contributed by atoms with van der Waals surface area (Å²) in [6.45, 7) is 1.10. The van der Waals surface area contributed by atoms with E-state index >= 15 is 0 Å². The molecule has 1 N–H and O–H groups in total. The number of carbonyl (C=O) groups is 3. The number of Topliss-reactive ketones (excluding diaryl/α,β-unsaturated/α-hetero) is 1. The van der Waals surface area contributed by atoms with Gasteiger partial charge in [0.05, 0.1) is 23.1 Å². The number of benzene rings is 2. The lowest BCUT2D eigenvalue weighted by molar-refractivity contribution is -0.127. The molecule has 4 aromatic rings. The van der Waals surface area contributed by atoms with Gasteiger partial charge in [-0.05, 0) is 24.3 Å². The maximum Gasteiger partial charge on any atom is 0.295 e. The number of hydrogen-bond acceptors (Lipinski definition) is 4. The van der Waals surface area contributed by atoms with Gasteiger partial charge in [-0.1, -0.05) is 18.2 Å². The molecule has 8 nitrogen and oxygen atoms in total. The average Bonchev–Trinajstić information content (AvgIpc) is 3.55. The van der Waals surface area contributed by atoms with Gasteiger partial charge in [0.1, 0.15) is 5.82 Å². The molecule has 1 aliphatic heterocycles. The van der Waals surface area contributed by atoms with E-state index in [0.29, 0.717) is 29.9 Å². The minimum absolute atomic E-state index is 0.0164. The number of H-pyrrole nitrogens is 1. The molecule has 0 atom stereocenters. The third kappa shape index (κ3) is 3.67. The number of aromatic amines is 1. The van der Waals surface area contributed by atoms with Crippen molar-refractivity contribution in [1.82, 2.24) is 24.3 Å². The van der Waals surface area contributed by atoms with Crippen LogP contribution in [-0.4, -0.2) is 68.1 Å². The standard InChI is InChI=1S/C24H20FN5O3/c25-18-6-7-19(30-9-8-26-15-30)21-20(18)17(14-27-21)22(31)24(33)29-12-10-28(11-13-29)23(32)16-4-2-1-3-5-16/h1-9,14-15,27H,10-13H2. The van der Waals surface area contributed by atoms with Crippen molar-refractivity contribution in [3.05, 3.63) is 84.3 Å². The fourth-order valence-corrected chi connectivity index (χ4v) is 4.12. The van der Waals surface area contributed by atoms with E-state index < -0.39 is 17.5 Å². The Bertz CT molecular complexity index is 1340. The van der Waals surface area contributed by atoms with E-state index in [4.69, 9.17) is 0 Å². The Kier molecular flexibility index (Phi) is 5.21. The van der Waals surface area contributed by atoms with Gasteiger partial charge in [-0.2, -0.15) is 0 Å². The number of nitrogens with one attached hydrogen (secondary N) is 1. The number of aromatic nitrogens is 3. The summed E-state index contributed by atoms with van der Waals surface area (Å²) in [5.74, 6) is -2.20. The Labute approximate surface area is 188 Å². The molecule has 1 aliphatic rings. The second kappa shape index (κ2) is 8.34. The van der Waals surface area contributed by atoms with E-state index in [1.54, 1.807) is 58.5 Å². The number of amides is 2. The van der Waals surface area contributed by atoms with Crippen molar-refractivity contribution < 1.29 is 18.8 Å². The van der Waals surface area contributed by atoms with Crippen LogP contribution in [0.4, 0.5) is 4.39 Å². The Balaban J connectivity index is 1.34. The van der Waals surface area contributed by atoms with E-state index in [9.17, 15) is 18.8 Å². The summed E-state index contributed by atoms with van der Waals surface area (Å²) >= 11 is 0. The number of halogens is 1. The summed E-state index contributed by atoms with van der Waals surface area (Å²) < 4.78 is 16.4. The quantitative estimate of drug-likeness (QED) is 0.386. The third-order valence-corrected chi connectivity index (χ3v) is 5.86. The van der Waals surface area contributed by atoms with Crippen LogP contribution in [0.5, 0.6) is 0 Å². The maximum atomic E-state index is 14.7. The van der Waals surface area contributed by atoms with Crippen molar-refractivity contribution in [3.63, 3.8) is 0 Å². The van der Waals surface area contributed by atoms with E-state index in [-0.39, 0.29) is 29.9 Å². The van der Waals surface area contributed by atoms with Crippen LogP contribution in [0.15, 0.2) is 67.4 Å². The first-order valence-corrected chi connectivity index (χ1v) is 10.5. The van der Waals surface area contributed by atoms with Crippen molar-refractivity contribution in [3.8, 4) is 5.69 Å². The van der Waals surface area contributed by atoms with Gasteiger partial charge in [0.25, 0.3) is 17.6 Å². The molecule has 0 aliphatic carbocycles. The van der Waals surface area contributed by atoms with Crippen LogP contribution in [0, 0.1) is 5.82 Å². The summed E-state index contributed by atoms with van der Waals surface area (Å²) in [7, 11) is 0. The second-order valence-electron chi connectivity index (χ2n) is 7.77. The predicted octanol–water partition coefficient (Wildman–Crippen LogP) is 2.66. The van der Waals surface area contributed by atoms with Crippen LogP contribution in [0.2, 0.25) is 0 Å². The Hall–Kier alpha value is -4.27. The topological polar surface area (TPSA) is 91.3 Å². The first-order chi connectivity index (χ1) is 16.0. The van der Waals surface area contributed by atoms with Crippen molar-refractivity contribution in [2.24, 2.45) is 0 Å². The SMILES string of the molecule is O=C(C(=O)N1CCN(C(=O)c2ccccc2)CC1)c1c[nH]c2c(-n3ccnc3)ccc(F)c12. The Morgan fingerprint density at radius 2 is 1.67 bits per heavy atom. The highest BCUT2D eigenvalue weighted by Gasteiger charge is 2.31. The molecule has 2 aromatic heterocycles. The number of piperazine rings is 1. The smallest absolute Gasteiger partial charge is 0.295 e. The van der Waals surface area contributed by atoms with Crippen LogP contribution in [0.1, 0.15) is 20.7 Å². The van der Waals surface area contributed by atoms with Crippen molar-refractivity contribution >= 4 is 28.5 Å². The number of nitrogens with zero attached hydrogens (tertiary/aromatic N) is 4. The van der Waals surface area contributed by atoms with E-state index in [2.05, 4.69) is 9.97 Å². The molecule has 9 heteroatoms. The fraction of sp³-hybridized carbons (Fsp3) is 0.167. The lowest BCUT2D eigenvalue weighted by atomic mass is 10.1.